The number of hydrogen-bond acceptors (Lipinski definition) is 5. The van der Waals surface area contributed by atoms with Crippen LogP contribution in [-0.4, -0.2) is 26.2 Å². The molecule has 1 aromatic carbocycles. The summed E-state index contributed by atoms with van der Waals surface area (Å²) in [5.41, 5.74) is -5.45. The molecule has 2 aromatic rings. The molecule has 8 nitrogen and oxygen atoms in total. The Morgan fingerprint density at radius 1 is 1.21 bits per heavy atom. The van der Waals surface area contributed by atoms with Crippen LogP contribution >= 0.6 is 11.6 Å². The normalized spacial score (nSPS) is 11.4. The zero-order chi connectivity index (χ0) is 21.4. The maximum absolute atomic E-state index is 14.3. The van der Waals surface area contributed by atoms with Gasteiger partial charge in [0.05, 0.1) is 10.7 Å². The summed E-state index contributed by atoms with van der Waals surface area (Å²) in [5.74, 6) is -4.78. The molecule has 28 heavy (non-hydrogen) atoms. The van der Waals surface area contributed by atoms with Crippen LogP contribution in [0.3, 0.4) is 0 Å². The van der Waals surface area contributed by atoms with Gasteiger partial charge in [-0.1, -0.05) is 11.6 Å². The number of aromatic nitrogens is 2. The van der Waals surface area contributed by atoms with Gasteiger partial charge >= 0.3 is 23.8 Å². The first-order valence-electron chi connectivity index (χ1n) is 7.13. The van der Waals surface area contributed by atoms with Gasteiger partial charge in [0.15, 0.2) is 0 Å². The van der Waals surface area contributed by atoms with Crippen molar-refractivity contribution in [3.63, 3.8) is 0 Å². The van der Waals surface area contributed by atoms with Crippen molar-refractivity contribution in [1.29, 1.82) is 0 Å². The Hall–Kier alpha value is -3.15. The van der Waals surface area contributed by atoms with E-state index in [9.17, 15) is 36.7 Å². The predicted molar refractivity (Wildman–Crippen MR) is 84.7 cm³/mol. The van der Waals surface area contributed by atoms with Crippen LogP contribution in [0.25, 0.3) is 5.69 Å². The third-order valence-electron chi connectivity index (χ3n) is 3.50. The van der Waals surface area contributed by atoms with Crippen LogP contribution in [-0.2, 0) is 34.2 Å². The van der Waals surface area contributed by atoms with E-state index in [1.54, 1.807) is 0 Å². The van der Waals surface area contributed by atoms with Crippen molar-refractivity contribution in [2.24, 2.45) is 7.05 Å². The average Bonchev–Trinajstić information content (AvgIpc) is 2.57. The number of carboxylic acids is 1. The van der Waals surface area contributed by atoms with E-state index in [4.69, 9.17) is 16.7 Å². The number of carbonyl (C=O) groups excluding carboxylic acids is 1. The zero-order valence-corrected chi connectivity index (χ0v) is 14.5. The number of carbonyl (C=O) groups is 2. The number of alkyl halides is 3. The highest BCUT2D eigenvalue weighted by Gasteiger charge is 2.35. The topological polar surface area (TPSA) is 108 Å². The summed E-state index contributed by atoms with van der Waals surface area (Å²) >= 11 is 5.75. The molecule has 0 aliphatic heterocycles. The fourth-order valence-electron chi connectivity index (χ4n) is 2.19. The number of aliphatic carboxylic acids is 1. The summed E-state index contributed by atoms with van der Waals surface area (Å²) in [6.07, 6.45) is -5.00. The Kier molecular flexibility index (Phi) is 5.64. The molecule has 2 rings (SSSR count). The minimum atomic E-state index is -5.00. The van der Waals surface area contributed by atoms with E-state index < -0.39 is 53.2 Å². The van der Waals surface area contributed by atoms with Gasteiger partial charge in [-0.2, -0.15) is 13.2 Å². The summed E-state index contributed by atoms with van der Waals surface area (Å²) in [5, 5.41) is 8.12. The second-order valence-electron chi connectivity index (χ2n) is 5.32. The van der Waals surface area contributed by atoms with E-state index in [0.717, 1.165) is 13.1 Å². The first kappa shape index (κ1) is 21.2. The number of nitrogens with zero attached hydrogens (tertiary/aromatic N) is 2. The van der Waals surface area contributed by atoms with Gasteiger partial charge < -0.3 is 9.84 Å². The largest absolute Gasteiger partial charge is 0.473 e. The molecule has 1 aromatic heterocycles. The molecule has 0 fully saturated rings. The predicted octanol–water partition coefficient (Wildman–Crippen LogP) is 1.48. The maximum atomic E-state index is 14.3. The molecule has 1 N–H and O–H groups in total. The third-order valence-corrected chi connectivity index (χ3v) is 3.85. The second-order valence-corrected chi connectivity index (χ2v) is 5.73. The zero-order valence-electron chi connectivity index (χ0n) is 13.7. The van der Waals surface area contributed by atoms with Gasteiger partial charge in [0.2, 0.25) is 0 Å². The van der Waals surface area contributed by atoms with Crippen molar-refractivity contribution in [2.75, 3.05) is 0 Å². The fourth-order valence-corrected chi connectivity index (χ4v) is 2.39. The molecule has 0 saturated heterocycles. The number of halogens is 5. The summed E-state index contributed by atoms with van der Waals surface area (Å²) in [6, 6.07) is 1.52. The summed E-state index contributed by atoms with van der Waals surface area (Å²) in [4.78, 5) is 45.7. The number of benzene rings is 1. The Labute approximate surface area is 157 Å². The number of hydrogen-bond donors (Lipinski definition) is 1. The highest BCUT2D eigenvalue weighted by atomic mass is 35.5. The first-order valence-corrected chi connectivity index (χ1v) is 7.51. The van der Waals surface area contributed by atoms with E-state index >= 15 is 0 Å². The molecule has 0 aliphatic carbocycles. The Balaban J connectivity index is 2.63. The van der Waals surface area contributed by atoms with E-state index in [0.29, 0.717) is 6.07 Å². The molecular weight excluding hydrogens is 416 g/mol. The Bertz CT molecular complexity index is 1090. The van der Waals surface area contributed by atoms with Crippen molar-refractivity contribution in [3.8, 4) is 5.69 Å². The minimum absolute atomic E-state index is 0.111. The quantitative estimate of drug-likeness (QED) is 0.454. The van der Waals surface area contributed by atoms with Gasteiger partial charge in [-0.15, -0.1) is 0 Å². The van der Waals surface area contributed by atoms with Crippen LogP contribution in [0, 0.1) is 5.82 Å². The fraction of sp³-hybridized carbons (Fsp3) is 0.200. The molecule has 0 radical (unpaired) electrons. The summed E-state index contributed by atoms with van der Waals surface area (Å²) in [6.45, 7) is -0.757. The lowest BCUT2D eigenvalue weighted by atomic mass is 10.2. The molecule has 0 atom stereocenters. The number of carboxylic acid groups (broad SMARTS) is 1. The van der Waals surface area contributed by atoms with Gasteiger partial charge in [-0.05, 0) is 12.1 Å². The van der Waals surface area contributed by atoms with Gasteiger partial charge in [0, 0.05) is 18.7 Å². The van der Waals surface area contributed by atoms with E-state index in [1.165, 1.54) is 0 Å². The van der Waals surface area contributed by atoms with Gasteiger partial charge in [0.1, 0.15) is 18.1 Å². The summed E-state index contributed by atoms with van der Waals surface area (Å²) in [7, 11) is 0.741. The maximum Gasteiger partial charge on any atom is 0.431 e. The van der Waals surface area contributed by atoms with Crippen LogP contribution in [0.4, 0.5) is 17.6 Å². The van der Waals surface area contributed by atoms with Gasteiger partial charge in [-0.3, -0.25) is 9.36 Å². The van der Waals surface area contributed by atoms with E-state index in [1.807, 2.05) is 0 Å². The number of esters is 1. The monoisotopic (exact) mass is 424 g/mol. The molecule has 150 valence electrons. The van der Waals surface area contributed by atoms with Crippen LogP contribution in [0.2, 0.25) is 5.02 Å². The minimum Gasteiger partial charge on any atom is -0.473 e. The lowest BCUT2D eigenvalue weighted by Crippen LogP contribution is -2.41. The molecule has 13 heteroatoms. The Morgan fingerprint density at radius 2 is 1.82 bits per heavy atom. The standard InChI is InChI=1S/C15H9ClF4N2O6/c1-21-10(15(18,19)20)4-11(23)22(14(21)27)9-2-6(7(16)3-8(9)17)5-28-13(26)12(24)25/h2-4H,5H2,1H3,(H,24,25). The van der Waals surface area contributed by atoms with Crippen molar-refractivity contribution >= 4 is 23.5 Å². The highest BCUT2D eigenvalue weighted by Crippen LogP contribution is 2.27. The first-order chi connectivity index (χ1) is 12.8. The second kappa shape index (κ2) is 7.46. The number of ether oxygens (including phenoxy) is 1. The molecule has 0 spiro atoms. The average molecular weight is 425 g/mol. The number of rotatable bonds is 3. The highest BCUT2D eigenvalue weighted by molar-refractivity contribution is 6.31. The lowest BCUT2D eigenvalue weighted by molar-refractivity contribution is -0.164. The third kappa shape index (κ3) is 4.06. The molecule has 0 aliphatic rings. The van der Waals surface area contributed by atoms with Crippen molar-refractivity contribution in [1.82, 2.24) is 9.13 Å². The van der Waals surface area contributed by atoms with Gasteiger partial charge in [0.25, 0.3) is 5.56 Å². The molecule has 0 amide bonds. The van der Waals surface area contributed by atoms with Crippen LogP contribution < -0.4 is 11.2 Å². The Morgan fingerprint density at radius 3 is 2.36 bits per heavy atom. The molecule has 1 heterocycles. The van der Waals surface area contributed by atoms with Crippen LogP contribution in [0.5, 0.6) is 0 Å². The summed E-state index contributed by atoms with van der Waals surface area (Å²) < 4.78 is 57.5. The van der Waals surface area contributed by atoms with Crippen molar-refractivity contribution in [2.45, 2.75) is 12.8 Å². The molecule has 0 saturated carbocycles. The van der Waals surface area contributed by atoms with Crippen molar-refractivity contribution < 1.29 is 37.0 Å². The van der Waals surface area contributed by atoms with E-state index in [2.05, 4.69) is 4.74 Å². The lowest BCUT2D eigenvalue weighted by Gasteiger charge is -2.15. The van der Waals surface area contributed by atoms with E-state index in [-0.39, 0.29) is 25.8 Å². The van der Waals surface area contributed by atoms with Crippen molar-refractivity contribution in [3.05, 3.63) is 61.1 Å². The van der Waals surface area contributed by atoms with Crippen LogP contribution in [0.1, 0.15) is 11.3 Å². The molecule has 0 unspecified atom stereocenters. The molecule has 0 bridgehead atoms. The SMILES string of the molecule is Cn1c(C(F)(F)F)cc(=O)n(-c2cc(COC(=O)C(=O)O)c(Cl)cc2F)c1=O. The molecular formula is C15H9ClF4N2O6. The van der Waals surface area contributed by atoms with Gasteiger partial charge in [-0.25, -0.2) is 23.3 Å². The smallest absolute Gasteiger partial charge is 0.431 e. The van der Waals surface area contributed by atoms with Crippen LogP contribution in [0.15, 0.2) is 27.8 Å².